The molecular formula is C15H17N3O. The third-order valence-corrected chi connectivity index (χ3v) is 3.47. The van der Waals surface area contributed by atoms with Gasteiger partial charge in [0.1, 0.15) is 11.6 Å². The Morgan fingerprint density at radius 3 is 2.42 bits per heavy atom. The van der Waals surface area contributed by atoms with Gasteiger partial charge in [-0.2, -0.15) is 0 Å². The fourth-order valence-corrected chi connectivity index (χ4v) is 2.06. The largest absolute Gasteiger partial charge is 0.497 e. The number of nitrogens with zero attached hydrogens (tertiary/aromatic N) is 2. The Balaban J connectivity index is 2.01. The van der Waals surface area contributed by atoms with Crippen LogP contribution in [0.3, 0.4) is 0 Å². The Labute approximate surface area is 112 Å². The summed E-state index contributed by atoms with van der Waals surface area (Å²) in [5, 5.41) is 0. The maximum atomic E-state index is 6.18. The van der Waals surface area contributed by atoms with Crippen molar-refractivity contribution in [3.63, 3.8) is 0 Å². The van der Waals surface area contributed by atoms with Crippen LogP contribution in [0.4, 0.5) is 0 Å². The van der Waals surface area contributed by atoms with Gasteiger partial charge in [0.15, 0.2) is 0 Å². The van der Waals surface area contributed by atoms with E-state index >= 15 is 0 Å². The maximum absolute atomic E-state index is 6.18. The third kappa shape index (κ3) is 2.31. The van der Waals surface area contributed by atoms with Crippen molar-refractivity contribution in [2.45, 2.75) is 25.3 Å². The number of nitrogens with two attached hydrogens (primary N) is 1. The van der Waals surface area contributed by atoms with E-state index in [9.17, 15) is 0 Å². The van der Waals surface area contributed by atoms with Crippen LogP contribution < -0.4 is 10.5 Å². The molecule has 0 bridgehead atoms. The summed E-state index contributed by atoms with van der Waals surface area (Å²) in [6.07, 6.45) is 1.94. The Bertz CT molecular complexity index is 603. The van der Waals surface area contributed by atoms with E-state index in [1.165, 1.54) is 0 Å². The first-order valence-electron chi connectivity index (χ1n) is 6.40. The quantitative estimate of drug-likeness (QED) is 0.915. The van der Waals surface area contributed by atoms with Gasteiger partial charge in [-0.15, -0.1) is 0 Å². The van der Waals surface area contributed by atoms with Crippen molar-refractivity contribution < 1.29 is 4.74 Å². The molecule has 0 saturated heterocycles. The number of hydrogen-bond acceptors (Lipinski definition) is 4. The van der Waals surface area contributed by atoms with Gasteiger partial charge in [-0.05, 0) is 50.1 Å². The van der Waals surface area contributed by atoms with Gasteiger partial charge in [-0.25, -0.2) is 9.97 Å². The summed E-state index contributed by atoms with van der Waals surface area (Å²) in [7, 11) is 1.66. The SMILES string of the molecule is COc1ccc(-c2cc(C)nc(C3(N)CC3)n2)cc1. The molecule has 98 valence electrons. The Kier molecular flexibility index (Phi) is 2.75. The van der Waals surface area contributed by atoms with Gasteiger partial charge < -0.3 is 10.5 Å². The molecule has 19 heavy (non-hydrogen) atoms. The molecule has 1 aromatic carbocycles. The topological polar surface area (TPSA) is 61.0 Å². The molecule has 4 heteroatoms. The predicted octanol–water partition coefficient (Wildman–Crippen LogP) is 2.41. The number of benzene rings is 1. The number of ether oxygens (including phenoxy) is 1. The molecule has 0 aliphatic heterocycles. The summed E-state index contributed by atoms with van der Waals surface area (Å²) in [4.78, 5) is 9.08. The number of methoxy groups -OCH3 is 1. The fraction of sp³-hybridized carbons (Fsp3) is 0.333. The molecule has 0 atom stereocenters. The first-order chi connectivity index (χ1) is 9.10. The number of hydrogen-bond donors (Lipinski definition) is 1. The molecule has 2 aromatic rings. The van der Waals surface area contributed by atoms with Crippen molar-refractivity contribution in [1.29, 1.82) is 0 Å². The number of aromatic nitrogens is 2. The molecule has 1 fully saturated rings. The van der Waals surface area contributed by atoms with E-state index in [2.05, 4.69) is 9.97 Å². The zero-order chi connectivity index (χ0) is 13.5. The summed E-state index contributed by atoms with van der Waals surface area (Å²) in [5.41, 5.74) is 8.81. The minimum Gasteiger partial charge on any atom is -0.497 e. The third-order valence-electron chi connectivity index (χ3n) is 3.47. The monoisotopic (exact) mass is 255 g/mol. The molecule has 1 aliphatic carbocycles. The first-order valence-corrected chi connectivity index (χ1v) is 6.40. The Morgan fingerprint density at radius 1 is 1.16 bits per heavy atom. The highest BCUT2D eigenvalue weighted by molar-refractivity contribution is 5.60. The van der Waals surface area contributed by atoms with Gasteiger partial charge >= 0.3 is 0 Å². The van der Waals surface area contributed by atoms with Gasteiger partial charge in [0.25, 0.3) is 0 Å². The van der Waals surface area contributed by atoms with Gasteiger partial charge in [0, 0.05) is 11.3 Å². The maximum Gasteiger partial charge on any atom is 0.149 e. The van der Waals surface area contributed by atoms with E-state index in [4.69, 9.17) is 10.5 Å². The van der Waals surface area contributed by atoms with Crippen LogP contribution in [0.1, 0.15) is 24.4 Å². The second-order valence-corrected chi connectivity index (χ2v) is 5.10. The average molecular weight is 255 g/mol. The summed E-state index contributed by atoms with van der Waals surface area (Å²) in [5.74, 6) is 1.60. The normalized spacial score (nSPS) is 16.2. The van der Waals surface area contributed by atoms with Crippen LogP contribution in [0, 0.1) is 6.92 Å². The van der Waals surface area contributed by atoms with Crippen LogP contribution in [0.15, 0.2) is 30.3 Å². The zero-order valence-corrected chi connectivity index (χ0v) is 11.2. The van der Waals surface area contributed by atoms with Crippen LogP contribution in [0.2, 0.25) is 0 Å². The van der Waals surface area contributed by atoms with Crippen LogP contribution in [-0.2, 0) is 5.54 Å². The summed E-state index contributed by atoms with van der Waals surface area (Å²) < 4.78 is 5.16. The standard InChI is InChI=1S/C15H17N3O/c1-10-9-13(11-3-5-12(19-2)6-4-11)18-14(17-10)15(16)7-8-15/h3-6,9H,7-8,16H2,1-2H3. The Hall–Kier alpha value is -1.94. The van der Waals surface area contributed by atoms with Crippen LogP contribution in [-0.4, -0.2) is 17.1 Å². The second kappa shape index (κ2) is 4.31. The van der Waals surface area contributed by atoms with E-state index < -0.39 is 0 Å². The lowest BCUT2D eigenvalue weighted by Gasteiger charge is -2.11. The van der Waals surface area contributed by atoms with Gasteiger partial charge in [-0.1, -0.05) is 0 Å². The van der Waals surface area contributed by atoms with Gasteiger partial charge in [0.05, 0.1) is 18.3 Å². The van der Waals surface area contributed by atoms with E-state index in [0.29, 0.717) is 0 Å². The highest BCUT2D eigenvalue weighted by atomic mass is 16.5. The molecular weight excluding hydrogens is 238 g/mol. The van der Waals surface area contributed by atoms with Crippen molar-refractivity contribution >= 4 is 0 Å². The lowest BCUT2D eigenvalue weighted by Crippen LogP contribution is -2.22. The lowest BCUT2D eigenvalue weighted by molar-refractivity contribution is 0.415. The lowest BCUT2D eigenvalue weighted by atomic mass is 10.1. The van der Waals surface area contributed by atoms with Crippen molar-refractivity contribution in [1.82, 2.24) is 9.97 Å². The summed E-state index contributed by atoms with van der Waals surface area (Å²) in [6.45, 7) is 1.98. The highest BCUT2D eigenvalue weighted by Crippen LogP contribution is 2.41. The first kappa shape index (κ1) is 12.1. The molecule has 2 N–H and O–H groups in total. The van der Waals surface area contributed by atoms with E-state index in [-0.39, 0.29) is 5.54 Å². The highest BCUT2D eigenvalue weighted by Gasteiger charge is 2.43. The molecule has 0 radical (unpaired) electrons. The minimum absolute atomic E-state index is 0.298. The van der Waals surface area contributed by atoms with Crippen molar-refractivity contribution in [2.24, 2.45) is 5.73 Å². The van der Waals surface area contributed by atoms with Crippen LogP contribution >= 0.6 is 0 Å². The minimum atomic E-state index is -0.298. The molecule has 3 rings (SSSR count). The van der Waals surface area contributed by atoms with E-state index in [0.717, 1.165) is 41.4 Å². The predicted molar refractivity (Wildman–Crippen MR) is 73.9 cm³/mol. The van der Waals surface area contributed by atoms with Gasteiger partial charge in [-0.3, -0.25) is 0 Å². The molecule has 0 spiro atoms. The second-order valence-electron chi connectivity index (χ2n) is 5.10. The van der Waals surface area contributed by atoms with E-state index in [1.807, 2.05) is 37.3 Å². The van der Waals surface area contributed by atoms with Crippen LogP contribution in [0.5, 0.6) is 5.75 Å². The van der Waals surface area contributed by atoms with Crippen molar-refractivity contribution in [3.8, 4) is 17.0 Å². The average Bonchev–Trinajstić information content (AvgIpc) is 3.18. The molecule has 0 unspecified atom stereocenters. The molecule has 4 nitrogen and oxygen atoms in total. The Morgan fingerprint density at radius 2 is 1.84 bits per heavy atom. The molecule has 1 aromatic heterocycles. The zero-order valence-electron chi connectivity index (χ0n) is 11.2. The smallest absolute Gasteiger partial charge is 0.149 e. The number of rotatable bonds is 3. The number of aryl methyl sites for hydroxylation is 1. The van der Waals surface area contributed by atoms with Crippen molar-refractivity contribution in [2.75, 3.05) is 7.11 Å². The van der Waals surface area contributed by atoms with E-state index in [1.54, 1.807) is 7.11 Å². The molecule has 1 heterocycles. The van der Waals surface area contributed by atoms with Crippen molar-refractivity contribution in [3.05, 3.63) is 41.9 Å². The van der Waals surface area contributed by atoms with Gasteiger partial charge in [0.2, 0.25) is 0 Å². The summed E-state index contributed by atoms with van der Waals surface area (Å²) in [6, 6.07) is 9.85. The fourth-order valence-electron chi connectivity index (χ4n) is 2.06. The summed E-state index contributed by atoms with van der Waals surface area (Å²) >= 11 is 0. The molecule has 1 aliphatic rings. The van der Waals surface area contributed by atoms with Crippen LogP contribution in [0.25, 0.3) is 11.3 Å². The molecule has 0 amide bonds. The molecule has 1 saturated carbocycles.